The smallest absolute Gasteiger partial charge is 0.349 e. The minimum atomic E-state index is -4.88. The molecule has 0 bridgehead atoms. The molecule has 1 aliphatic heterocycles. The zero-order valence-corrected chi connectivity index (χ0v) is 18.3. The summed E-state index contributed by atoms with van der Waals surface area (Å²) in [5, 5.41) is 0. The van der Waals surface area contributed by atoms with E-state index in [-0.39, 0.29) is 17.5 Å². The average molecular weight is 522 g/mol. The van der Waals surface area contributed by atoms with Gasteiger partial charge in [0, 0.05) is 31.9 Å². The Balaban J connectivity index is 1.66. The number of H-pyrrole nitrogens is 1. The van der Waals surface area contributed by atoms with E-state index >= 15 is 0 Å². The van der Waals surface area contributed by atoms with Gasteiger partial charge in [-0.3, -0.25) is 0 Å². The highest BCUT2D eigenvalue weighted by molar-refractivity contribution is 9.10. The van der Waals surface area contributed by atoms with E-state index in [0.717, 1.165) is 16.4 Å². The van der Waals surface area contributed by atoms with Crippen LogP contribution >= 0.6 is 15.9 Å². The quantitative estimate of drug-likeness (QED) is 0.445. The first-order valence-corrected chi connectivity index (χ1v) is 10.5. The van der Waals surface area contributed by atoms with E-state index in [4.69, 9.17) is 0 Å². The van der Waals surface area contributed by atoms with Crippen LogP contribution in [0.15, 0.2) is 34.9 Å². The van der Waals surface area contributed by atoms with Crippen molar-refractivity contribution in [3.8, 4) is 0 Å². The maximum absolute atomic E-state index is 13.8. The molecule has 0 amide bonds. The molecule has 172 valence electrons. The van der Waals surface area contributed by atoms with Gasteiger partial charge in [-0.25, -0.2) is 23.1 Å². The third-order valence-electron chi connectivity index (χ3n) is 5.38. The molecule has 4 rings (SSSR count). The largest absolute Gasteiger partial charge is 0.418 e. The third kappa shape index (κ3) is 4.24. The lowest BCUT2D eigenvalue weighted by Gasteiger charge is -2.40. The number of rotatable bonds is 4. The number of benzene rings is 1. The molecule has 0 spiro atoms. The lowest BCUT2D eigenvalue weighted by molar-refractivity contribution is -0.136. The van der Waals surface area contributed by atoms with Crippen molar-refractivity contribution in [1.29, 1.82) is 0 Å². The number of piperazine rings is 1. The van der Waals surface area contributed by atoms with Crippen LogP contribution in [-0.2, 0) is 6.18 Å². The number of fused-ring (bicyclic) bond motifs is 1. The van der Waals surface area contributed by atoms with Gasteiger partial charge in [0.1, 0.15) is 11.3 Å². The van der Waals surface area contributed by atoms with Crippen LogP contribution in [0.3, 0.4) is 0 Å². The van der Waals surface area contributed by atoms with Crippen LogP contribution in [0, 0.1) is 0 Å². The van der Waals surface area contributed by atoms with Crippen LogP contribution in [0.2, 0.25) is 0 Å². The predicted molar refractivity (Wildman–Crippen MR) is 112 cm³/mol. The first-order valence-electron chi connectivity index (χ1n) is 9.71. The molecule has 0 saturated carbocycles. The lowest BCUT2D eigenvalue weighted by Crippen LogP contribution is -2.52. The Morgan fingerprint density at radius 2 is 1.94 bits per heavy atom. The lowest BCUT2D eigenvalue weighted by atomic mass is 10.0. The Labute approximate surface area is 187 Å². The molecule has 1 aliphatic rings. The number of hydrogen-bond acceptors (Lipinski definition) is 4. The maximum atomic E-state index is 13.8. The molecule has 3 aromatic rings. The number of nitrogens with one attached hydrogen (secondary N) is 1. The molecule has 1 unspecified atom stereocenters. The normalized spacial score (nSPS) is 18.6. The number of anilines is 2. The average Bonchev–Trinajstić information content (AvgIpc) is 3.16. The molecule has 1 N–H and O–H groups in total. The Hall–Kier alpha value is -2.50. The number of halogens is 7. The molecule has 1 aromatic carbocycles. The van der Waals surface area contributed by atoms with Crippen molar-refractivity contribution in [3.63, 3.8) is 0 Å². The summed E-state index contributed by atoms with van der Waals surface area (Å²) >= 11 is 3.47. The van der Waals surface area contributed by atoms with Gasteiger partial charge in [0.2, 0.25) is 5.95 Å². The van der Waals surface area contributed by atoms with Gasteiger partial charge in [-0.1, -0.05) is 0 Å². The van der Waals surface area contributed by atoms with Crippen LogP contribution in [0.4, 0.5) is 38.1 Å². The number of alkyl halides is 6. The van der Waals surface area contributed by atoms with E-state index < -0.39 is 35.4 Å². The highest BCUT2D eigenvalue weighted by Gasteiger charge is 2.37. The summed E-state index contributed by atoms with van der Waals surface area (Å²) in [5.41, 5.74) is -2.57. The Morgan fingerprint density at radius 1 is 1.19 bits per heavy atom. The van der Waals surface area contributed by atoms with Gasteiger partial charge in [0.25, 0.3) is 6.43 Å². The minimum absolute atomic E-state index is 0.0464. The summed E-state index contributed by atoms with van der Waals surface area (Å²) in [7, 11) is 0. The molecule has 2 aromatic heterocycles. The highest BCUT2D eigenvalue weighted by Crippen LogP contribution is 2.39. The second-order valence-corrected chi connectivity index (χ2v) is 8.41. The van der Waals surface area contributed by atoms with Gasteiger partial charge >= 0.3 is 6.18 Å². The fourth-order valence-electron chi connectivity index (χ4n) is 3.85. The Bertz CT molecular complexity index is 1120. The minimum Gasteiger partial charge on any atom is -0.349 e. The van der Waals surface area contributed by atoms with Gasteiger partial charge < -0.3 is 14.8 Å². The molecule has 12 heteroatoms. The topological polar surface area (TPSA) is 48.1 Å². The summed E-state index contributed by atoms with van der Waals surface area (Å²) in [6.45, 7) is 3.35. The molecular weight excluding hydrogens is 504 g/mol. The zero-order valence-electron chi connectivity index (χ0n) is 16.7. The van der Waals surface area contributed by atoms with Crippen molar-refractivity contribution in [2.45, 2.75) is 31.7 Å². The summed E-state index contributed by atoms with van der Waals surface area (Å²) in [5.74, 6) is 0.927. The number of aromatic amines is 1. The van der Waals surface area contributed by atoms with E-state index in [9.17, 15) is 26.3 Å². The molecule has 2 atom stereocenters. The van der Waals surface area contributed by atoms with E-state index in [0.29, 0.717) is 25.7 Å². The number of aromatic nitrogens is 3. The van der Waals surface area contributed by atoms with Crippen molar-refractivity contribution in [3.05, 3.63) is 46.1 Å². The van der Waals surface area contributed by atoms with Crippen molar-refractivity contribution in [2.24, 2.45) is 0 Å². The zero-order chi connectivity index (χ0) is 23.2. The summed E-state index contributed by atoms with van der Waals surface area (Å²) in [4.78, 5) is 15.1. The standard InChI is InChI=1S/C20H18BrF6N5/c1-10-9-31(5-6-32(10)18-13(21)3-2-4-28-18)19-29-14-8-11(15(22)17(23)24)7-12(16(14)30-19)20(25,26)27/h2-4,7-8,10,15,17H,5-6,9H2,1H3,(H,29,30)/t10-,15?/m1/s1. The Kier molecular flexibility index (Phi) is 5.99. The van der Waals surface area contributed by atoms with Crippen molar-refractivity contribution in [2.75, 3.05) is 29.4 Å². The van der Waals surface area contributed by atoms with E-state index in [1.165, 1.54) is 0 Å². The van der Waals surface area contributed by atoms with E-state index in [2.05, 4.69) is 35.8 Å². The van der Waals surface area contributed by atoms with E-state index in [1.807, 2.05) is 13.0 Å². The second-order valence-electron chi connectivity index (χ2n) is 7.56. The van der Waals surface area contributed by atoms with Crippen LogP contribution in [-0.4, -0.2) is 47.1 Å². The maximum Gasteiger partial charge on any atom is 0.418 e. The number of pyridine rings is 1. The molecule has 1 saturated heterocycles. The van der Waals surface area contributed by atoms with Crippen LogP contribution in [0.1, 0.15) is 24.2 Å². The van der Waals surface area contributed by atoms with Crippen LogP contribution < -0.4 is 9.80 Å². The number of nitrogens with zero attached hydrogens (tertiary/aromatic N) is 4. The summed E-state index contributed by atoms with van der Waals surface area (Å²) in [6, 6.07) is 4.99. The predicted octanol–water partition coefficient (Wildman–Crippen LogP) is 5.73. The number of hydrogen-bond donors (Lipinski definition) is 1. The van der Waals surface area contributed by atoms with Crippen LogP contribution in [0.25, 0.3) is 11.0 Å². The van der Waals surface area contributed by atoms with E-state index in [1.54, 1.807) is 17.2 Å². The molecule has 0 aliphatic carbocycles. The number of imidazole rings is 1. The Morgan fingerprint density at radius 3 is 2.56 bits per heavy atom. The highest BCUT2D eigenvalue weighted by atomic mass is 79.9. The first kappa shape index (κ1) is 22.7. The second kappa shape index (κ2) is 8.45. The molecule has 1 fully saturated rings. The molecule has 32 heavy (non-hydrogen) atoms. The monoisotopic (exact) mass is 521 g/mol. The van der Waals surface area contributed by atoms with Gasteiger partial charge in [-0.2, -0.15) is 13.2 Å². The third-order valence-corrected chi connectivity index (χ3v) is 6.00. The first-order chi connectivity index (χ1) is 15.1. The van der Waals surface area contributed by atoms with Crippen molar-refractivity contribution in [1.82, 2.24) is 15.0 Å². The molecule has 3 heterocycles. The van der Waals surface area contributed by atoms with Gasteiger partial charge in [-0.05, 0) is 52.7 Å². The van der Waals surface area contributed by atoms with Crippen molar-refractivity contribution < 1.29 is 26.3 Å². The molecule has 5 nitrogen and oxygen atoms in total. The molecular formula is C20H18BrF6N5. The van der Waals surface area contributed by atoms with Crippen LogP contribution in [0.5, 0.6) is 0 Å². The van der Waals surface area contributed by atoms with Crippen molar-refractivity contribution >= 4 is 38.7 Å². The van der Waals surface area contributed by atoms with Gasteiger partial charge in [0.15, 0.2) is 6.17 Å². The molecule has 0 radical (unpaired) electrons. The summed E-state index contributed by atoms with van der Waals surface area (Å²) in [6.07, 6.45) is -9.46. The van der Waals surface area contributed by atoms with Gasteiger partial charge in [0.05, 0.1) is 15.6 Å². The fourth-order valence-corrected chi connectivity index (χ4v) is 4.33. The fraction of sp³-hybridized carbons (Fsp3) is 0.400. The summed E-state index contributed by atoms with van der Waals surface area (Å²) < 4.78 is 80.9. The van der Waals surface area contributed by atoms with Gasteiger partial charge in [-0.15, -0.1) is 0 Å². The SMILES string of the molecule is C[C@@H]1CN(c2nc3c(C(F)(F)F)cc(C(F)C(F)F)cc3[nH]2)CCN1c1ncccc1Br.